The molecule has 3 heteroatoms. The molecule has 0 aliphatic heterocycles. The third kappa shape index (κ3) is 3.72. The molecule has 1 aromatic carbocycles. The van der Waals surface area contributed by atoms with Gasteiger partial charge in [0.25, 0.3) is 0 Å². The summed E-state index contributed by atoms with van der Waals surface area (Å²) in [4.78, 5) is 11.7. The molecular formula is C12H18NO2+. The first kappa shape index (κ1) is 11.7. The van der Waals surface area contributed by atoms with Gasteiger partial charge in [0.05, 0.1) is 0 Å². The molecule has 0 aromatic heterocycles. The smallest absolute Gasteiger partial charge is 0.370 e. The van der Waals surface area contributed by atoms with Crippen molar-refractivity contribution in [3.63, 3.8) is 0 Å². The predicted octanol–water partition coefficient (Wildman–Crippen LogP) is 1.31. The Balaban J connectivity index is 2.70. The Bertz CT molecular complexity index is 327. The van der Waals surface area contributed by atoms with Crippen LogP contribution in [0.2, 0.25) is 0 Å². The summed E-state index contributed by atoms with van der Waals surface area (Å²) >= 11 is 0. The molecule has 82 valence electrons. The molecular weight excluding hydrogens is 190 g/mol. The van der Waals surface area contributed by atoms with Gasteiger partial charge in [-0.15, -0.1) is 0 Å². The van der Waals surface area contributed by atoms with Gasteiger partial charge in [0.15, 0.2) is 0 Å². The Morgan fingerprint density at radius 3 is 2.27 bits per heavy atom. The van der Waals surface area contributed by atoms with Gasteiger partial charge in [-0.25, -0.2) is 4.79 Å². The molecule has 0 spiro atoms. The first-order chi connectivity index (χ1) is 6.90. The lowest BCUT2D eigenvalue weighted by Crippen LogP contribution is -2.58. The zero-order valence-electron chi connectivity index (χ0n) is 9.49. The molecule has 0 amide bonds. The lowest BCUT2D eigenvalue weighted by Gasteiger charge is -2.20. The van der Waals surface area contributed by atoms with Gasteiger partial charge in [0.1, 0.15) is 5.60 Å². The van der Waals surface area contributed by atoms with E-state index in [9.17, 15) is 4.79 Å². The molecule has 0 heterocycles. The van der Waals surface area contributed by atoms with Crippen molar-refractivity contribution in [2.75, 3.05) is 0 Å². The molecule has 3 nitrogen and oxygen atoms in total. The molecule has 0 saturated carbocycles. The standard InChI is InChI=1S/C12H17NO2/c1-12(2,3)15-11(14)10(13)9-7-5-4-6-8-9/h4-8,10H,13H2,1-3H3/p+1/t10-/m0/s1. The number of carbonyl (C=O) groups excluding carboxylic acids is 1. The third-order valence-electron chi connectivity index (χ3n) is 1.89. The fourth-order valence-electron chi connectivity index (χ4n) is 1.19. The number of rotatable bonds is 2. The van der Waals surface area contributed by atoms with Crippen molar-refractivity contribution in [1.82, 2.24) is 0 Å². The summed E-state index contributed by atoms with van der Waals surface area (Å²) in [5.74, 6) is -0.284. The molecule has 0 radical (unpaired) electrons. The van der Waals surface area contributed by atoms with Crippen LogP contribution in [0, 0.1) is 0 Å². The average molecular weight is 208 g/mol. The van der Waals surface area contributed by atoms with E-state index < -0.39 is 11.6 Å². The predicted molar refractivity (Wildman–Crippen MR) is 57.9 cm³/mol. The first-order valence-corrected chi connectivity index (χ1v) is 5.01. The van der Waals surface area contributed by atoms with Crippen LogP contribution in [0.4, 0.5) is 0 Å². The normalized spacial score (nSPS) is 13.3. The summed E-state index contributed by atoms with van der Waals surface area (Å²) in [6.07, 6.45) is 0. The van der Waals surface area contributed by atoms with Gasteiger partial charge in [-0.05, 0) is 20.8 Å². The first-order valence-electron chi connectivity index (χ1n) is 5.01. The zero-order chi connectivity index (χ0) is 11.5. The van der Waals surface area contributed by atoms with Crippen LogP contribution in [-0.2, 0) is 9.53 Å². The number of benzene rings is 1. The lowest BCUT2D eigenvalue weighted by atomic mass is 10.1. The quantitative estimate of drug-likeness (QED) is 0.745. The van der Waals surface area contributed by atoms with E-state index in [1.54, 1.807) is 0 Å². The molecule has 0 bridgehead atoms. The van der Waals surface area contributed by atoms with E-state index in [4.69, 9.17) is 4.74 Å². The maximum Gasteiger partial charge on any atom is 0.370 e. The SMILES string of the molecule is CC(C)(C)OC(=O)[C@@H]([NH3+])c1ccccc1. The molecule has 0 aliphatic carbocycles. The van der Waals surface area contributed by atoms with Crippen molar-refractivity contribution >= 4 is 5.97 Å². The van der Waals surface area contributed by atoms with Crippen LogP contribution in [0.25, 0.3) is 0 Å². The van der Waals surface area contributed by atoms with Crippen molar-refractivity contribution in [2.45, 2.75) is 32.4 Å². The zero-order valence-corrected chi connectivity index (χ0v) is 9.49. The number of esters is 1. The van der Waals surface area contributed by atoms with Gasteiger partial charge < -0.3 is 10.5 Å². The Morgan fingerprint density at radius 2 is 1.80 bits per heavy atom. The highest BCUT2D eigenvalue weighted by atomic mass is 16.6. The van der Waals surface area contributed by atoms with Crippen molar-refractivity contribution in [2.24, 2.45) is 0 Å². The minimum atomic E-state index is -0.457. The van der Waals surface area contributed by atoms with E-state index in [0.717, 1.165) is 5.56 Å². The second-order valence-electron chi connectivity index (χ2n) is 4.50. The van der Waals surface area contributed by atoms with Crippen LogP contribution in [0.3, 0.4) is 0 Å². The number of carbonyl (C=O) groups is 1. The van der Waals surface area contributed by atoms with Crippen molar-refractivity contribution in [1.29, 1.82) is 0 Å². The Hall–Kier alpha value is -1.35. The summed E-state index contributed by atoms with van der Waals surface area (Å²) < 4.78 is 5.25. The fourth-order valence-corrected chi connectivity index (χ4v) is 1.19. The summed E-state index contributed by atoms with van der Waals surface area (Å²) in [5, 5.41) is 0. The highest BCUT2D eigenvalue weighted by Gasteiger charge is 2.25. The third-order valence-corrected chi connectivity index (χ3v) is 1.89. The van der Waals surface area contributed by atoms with E-state index >= 15 is 0 Å². The molecule has 1 atom stereocenters. The molecule has 0 aliphatic rings. The monoisotopic (exact) mass is 208 g/mol. The number of quaternary nitrogens is 1. The van der Waals surface area contributed by atoms with Crippen LogP contribution in [0.15, 0.2) is 30.3 Å². The van der Waals surface area contributed by atoms with Crippen LogP contribution in [-0.4, -0.2) is 11.6 Å². The molecule has 1 aromatic rings. The van der Waals surface area contributed by atoms with Crippen molar-refractivity contribution < 1.29 is 15.3 Å². The summed E-state index contributed by atoms with van der Waals surface area (Å²) in [7, 11) is 0. The van der Waals surface area contributed by atoms with Crippen LogP contribution in [0.1, 0.15) is 32.4 Å². The highest BCUT2D eigenvalue weighted by Crippen LogP contribution is 2.14. The van der Waals surface area contributed by atoms with E-state index in [2.05, 4.69) is 5.73 Å². The van der Waals surface area contributed by atoms with Crippen LogP contribution in [0.5, 0.6) is 0 Å². The topological polar surface area (TPSA) is 53.9 Å². The highest BCUT2D eigenvalue weighted by molar-refractivity contribution is 5.76. The summed E-state index contributed by atoms with van der Waals surface area (Å²) in [5.41, 5.74) is 4.24. The Kier molecular flexibility index (Phi) is 3.48. The Labute approximate surface area is 90.2 Å². The van der Waals surface area contributed by atoms with Crippen LogP contribution < -0.4 is 5.73 Å². The molecule has 3 N–H and O–H groups in total. The van der Waals surface area contributed by atoms with E-state index in [1.807, 2.05) is 51.1 Å². The lowest BCUT2D eigenvalue weighted by molar-refractivity contribution is -0.415. The van der Waals surface area contributed by atoms with E-state index in [1.165, 1.54) is 0 Å². The van der Waals surface area contributed by atoms with Gasteiger partial charge in [-0.2, -0.15) is 0 Å². The van der Waals surface area contributed by atoms with Crippen molar-refractivity contribution in [3.8, 4) is 0 Å². The fraction of sp³-hybridized carbons (Fsp3) is 0.417. The summed E-state index contributed by atoms with van der Waals surface area (Å²) in [6, 6.07) is 8.98. The van der Waals surface area contributed by atoms with Gasteiger partial charge >= 0.3 is 5.97 Å². The second kappa shape index (κ2) is 4.45. The average Bonchev–Trinajstić information content (AvgIpc) is 2.15. The van der Waals surface area contributed by atoms with Gasteiger partial charge in [-0.1, -0.05) is 30.3 Å². The van der Waals surface area contributed by atoms with Gasteiger partial charge in [-0.3, -0.25) is 0 Å². The minimum absolute atomic E-state index is 0.284. The maximum absolute atomic E-state index is 11.7. The van der Waals surface area contributed by atoms with E-state index in [-0.39, 0.29) is 5.97 Å². The molecule has 1 rings (SSSR count). The van der Waals surface area contributed by atoms with E-state index in [0.29, 0.717) is 0 Å². The number of ether oxygens (including phenoxy) is 1. The molecule has 0 saturated heterocycles. The van der Waals surface area contributed by atoms with Gasteiger partial charge in [0.2, 0.25) is 6.04 Å². The van der Waals surface area contributed by atoms with Gasteiger partial charge in [0, 0.05) is 5.56 Å². The number of hydrogen-bond donors (Lipinski definition) is 1. The largest absolute Gasteiger partial charge is 0.455 e. The minimum Gasteiger partial charge on any atom is -0.455 e. The Morgan fingerprint density at radius 1 is 1.27 bits per heavy atom. The number of hydrogen-bond acceptors (Lipinski definition) is 2. The molecule has 0 fully saturated rings. The van der Waals surface area contributed by atoms with Crippen molar-refractivity contribution in [3.05, 3.63) is 35.9 Å². The summed E-state index contributed by atoms with van der Waals surface area (Å²) in [6.45, 7) is 5.55. The maximum atomic E-state index is 11.7. The molecule has 0 unspecified atom stereocenters. The second-order valence-corrected chi connectivity index (χ2v) is 4.50. The molecule has 15 heavy (non-hydrogen) atoms. The van der Waals surface area contributed by atoms with Crippen LogP contribution >= 0.6 is 0 Å².